The van der Waals surface area contributed by atoms with Crippen LogP contribution < -0.4 is 5.73 Å². The molecule has 0 saturated heterocycles. The molecule has 2 atom stereocenters. The number of ether oxygens (including phenoxy) is 1. The van der Waals surface area contributed by atoms with Gasteiger partial charge in [-0.1, -0.05) is 117 Å². The molecule has 0 aliphatic carbocycles. The van der Waals surface area contributed by atoms with Crippen LogP contribution in [-0.2, 0) is 23.1 Å². The Kier molecular flexibility index (Phi) is 31.9. The Bertz CT molecular complexity index is 1010. The number of phosphoric acid groups is 1. The molecule has 8 nitrogen and oxygen atoms in total. The predicted octanol–water partition coefficient (Wildman–Crippen LogP) is 8.91. The molecule has 260 valence electrons. The number of unbranched alkanes of at least 4 members (excludes halogenated alkanes) is 4. The van der Waals surface area contributed by atoms with Gasteiger partial charge in [0.2, 0.25) is 0 Å². The van der Waals surface area contributed by atoms with E-state index < -0.39 is 26.5 Å². The van der Waals surface area contributed by atoms with Crippen molar-refractivity contribution in [1.29, 1.82) is 0 Å². The molecule has 4 N–H and O–H groups in total. The molecule has 0 bridgehead atoms. The monoisotopic (exact) mass is 661 g/mol. The molecule has 0 aromatic carbocycles. The van der Waals surface area contributed by atoms with E-state index in [1.165, 1.54) is 0 Å². The lowest BCUT2D eigenvalue weighted by Gasteiger charge is -2.15. The second kappa shape index (κ2) is 33.8. The van der Waals surface area contributed by atoms with Crippen LogP contribution in [0.15, 0.2) is 97.2 Å². The summed E-state index contributed by atoms with van der Waals surface area (Å²) in [4.78, 5) is 21.2. The maximum atomic E-state index is 11.8. The van der Waals surface area contributed by atoms with Crippen molar-refractivity contribution in [1.82, 2.24) is 0 Å². The van der Waals surface area contributed by atoms with Crippen molar-refractivity contribution in [2.75, 3.05) is 26.4 Å². The first-order valence-electron chi connectivity index (χ1n) is 16.8. The van der Waals surface area contributed by atoms with Crippen LogP contribution in [0.2, 0.25) is 0 Å². The molecule has 0 aliphatic rings. The molecule has 0 spiro atoms. The van der Waals surface area contributed by atoms with Gasteiger partial charge < -0.3 is 20.5 Å². The highest BCUT2D eigenvalue weighted by molar-refractivity contribution is 7.47. The zero-order valence-corrected chi connectivity index (χ0v) is 28.9. The standard InChI is InChI=1S/C37H60NO7P/c1-2-3-4-5-6-7-8-9-10-11-12-13-14-15-16-17-18-19-20-21-22-23-24-25-26-27-28-29-30-31-37(40)43-34-36(39)35-45-46(41,42)44-33-32-38/h3-4,6-7,9-10,12-13,15-16,18-19,21-22,24-25,36,39H,2,5,8,11,14,17,20,23,26-35,38H2,1H3,(H,41,42)/b4-3-,7-6-,10-9-,13-12-,16-15-,19-18-,22-21-,25-24-. The Morgan fingerprint density at radius 3 is 1.54 bits per heavy atom. The molecular formula is C37H60NO7P. The number of esters is 1. The highest BCUT2D eigenvalue weighted by atomic mass is 31.2. The summed E-state index contributed by atoms with van der Waals surface area (Å²) in [6.45, 7) is 1.28. The second-order valence-electron chi connectivity index (χ2n) is 10.5. The zero-order chi connectivity index (χ0) is 33.8. The molecule has 2 unspecified atom stereocenters. The van der Waals surface area contributed by atoms with E-state index in [0.29, 0.717) is 6.42 Å². The Hall–Kier alpha value is -2.58. The third-order valence-corrected chi connectivity index (χ3v) is 7.20. The summed E-state index contributed by atoms with van der Waals surface area (Å²) in [5.41, 5.74) is 5.19. The van der Waals surface area contributed by atoms with Crippen LogP contribution >= 0.6 is 7.82 Å². The van der Waals surface area contributed by atoms with Gasteiger partial charge in [0.05, 0.1) is 13.2 Å². The maximum Gasteiger partial charge on any atom is 0.472 e. The van der Waals surface area contributed by atoms with Gasteiger partial charge in [-0.3, -0.25) is 13.8 Å². The third-order valence-electron chi connectivity index (χ3n) is 6.21. The maximum absolute atomic E-state index is 11.8. The Balaban J connectivity index is 3.62. The molecule has 0 rings (SSSR count). The van der Waals surface area contributed by atoms with Gasteiger partial charge in [0.1, 0.15) is 12.7 Å². The quantitative estimate of drug-likeness (QED) is 0.0301. The highest BCUT2D eigenvalue weighted by Crippen LogP contribution is 2.42. The van der Waals surface area contributed by atoms with Crippen molar-refractivity contribution < 1.29 is 33.1 Å². The van der Waals surface area contributed by atoms with Crippen LogP contribution in [0.25, 0.3) is 0 Å². The molecule has 0 heterocycles. The fraction of sp³-hybridized carbons (Fsp3) is 0.541. The average molecular weight is 662 g/mol. The summed E-state index contributed by atoms with van der Waals surface area (Å²) in [6.07, 6.45) is 47.0. The summed E-state index contributed by atoms with van der Waals surface area (Å²) in [7, 11) is -4.26. The van der Waals surface area contributed by atoms with E-state index in [0.717, 1.165) is 77.0 Å². The van der Waals surface area contributed by atoms with Crippen molar-refractivity contribution in [2.24, 2.45) is 5.73 Å². The lowest BCUT2D eigenvalue weighted by molar-refractivity contribution is -0.147. The highest BCUT2D eigenvalue weighted by Gasteiger charge is 2.22. The van der Waals surface area contributed by atoms with Crippen LogP contribution in [0.1, 0.15) is 96.8 Å². The van der Waals surface area contributed by atoms with Gasteiger partial charge >= 0.3 is 13.8 Å². The van der Waals surface area contributed by atoms with Crippen LogP contribution in [0.3, 0.4) is 0 Å². The number of nitrogens with two attached hydrogens (primary N) is 1. The minimum Gasteiger partial charge on any atom is -0.463 e. The first-order chi connectivity index (χ1) is 22.4. The summed E-state index contributed by atoms with van der Waals surface area (Å²) in [5, 5.41) is 9.73. The SMILES string of the molecule is CC/C=C\C/C=C\C/C=C\C/C=C\C/C=C\C/C=C\C/C=C\C/C=C\CCCCCCC(=O)OCC(O)COP(=O)(O)OCCN. The largest absolute Gasteiger partial charge is 0.472 e. The topological polar surface area (TPSA) is 128 Å². The third kappa shape index (κ3) is 34.3. The van der Waals surface area contributed by atoms with Crippen molar-refractivity contribution in [2.45, 2.75) is 103 Å². The van der Waals surface area contributed by atoms with Gasteiger partial charge in [0, 0.05) is 13.0 Å². The summed E-state index contributed by atoms with van der Waals surface area (Å²) in [6, 6.07) is 0. The van der Waals surface area contributed by atoms with Crippen molar-refractivity contribution in [3.8, 4) is 0 Å². The average Bonchev–Trinajstić information content (AvgIpc) is 3.04. The van der Waals surface area contributed by atoms with E-state index in [1.807, 2.05) is 0 Å². The molecule has 0 aromatic heterocycles. The van der Waals surface area contributed by atoms with Crippen molar-refractivity contribution >= 4 is 13.8 Å². The smallest absolute Gasteiger partial charge is 0.463 e. The van der Waals surface area contributed by atoms with Gasteiger partial charge in [0.25, 0.3) is 0 Å². The minimum absolute atomic E-state index is 0.0647. The number of carbonyl (C=O) groups excluding carboxylic acids is 1. The minimum atomic E-state index is -4.26. The summed E-state index contributed by atoms with van der Waals surface area (Å²) >= 11 is 0. The van der Waals surface area contributed by atoms with Crippen LogP contribution in [-0.4, -0.2) is 48.4 Å². The van der Waals surface area contributed by atoms with E-state index in [9.17, 15) is 19.4 Å². The van der Waals surface area contributed by atoms with E-state index in [1.54, 1.807) is 0 Å². The number of rotatable bonds is 30. The first-order valence-corrected chi connectivity index (χ1v) is 18.3. The number of hydrogen-bond donors (Lipinski definition) is 3. The van der Waals surface area contributed by atoms with Crippen LogP contribution in [0, 0.1) is 0 Å². The van der Waals surface area contributed by atoms with Crippen molar-refractivity contribution in [3.63, 3.8) is 0 Å². The van der Waals surface area contributed by atoms with Gasteiger partial charge in [-0.05, 0) is 70.6 Å². The number of aliphatic hydroxyl groups excluding tert-OH is 1. The van der Waals surface area contributed by atoms with Gasteiger partial charge in [-0.2, -0.15) is 0 Å². The normalized spacial score (nSPS) is 15.0. The van der Waals surface area contributed by atoms with Gasteiger partial charge in [0.15, 0.2) is 0 Å². The van der Waals surface area contributed by atoms with Gasteiger partial charge in [-0.25, -0.2) is 4.57 Å². The van der Waals surface area contributed by atoms with Gasteiger partial charge in [-0.15, -0.1) is 0 Å². The number of allylic oxidation sites excluding steroid dienone is 16. The Morgan fingerprint density at radius 1 is 0.652 bits per heavy atom. The molecule has 0 radical (unpaired) electrons. The lowest BCUT2D eigenvalue weighted by Crippen LogP contribution is -2.23. The van der Waals surface area contributed by atoms with E-state index in [-0.39, 0.29) is 26.2 Å². The van der Waals surface area contributed by atoms with Crippen molar-refractivity contribution in [3.05, 3.63) is 97.2 Å². The second-order valence-corrected chi connectivity index (χ2v) is 12.0. The molecule has 0 saturated carbocycles. The molecule has 0 fully saturated rings. The molecule has 0 amide bonds. The molecule has 46 heavy (non-hydrogen) atoms. The summed E-state index contributed by atoms with van der Waals surface area (Å²) < 4.78 is 25.6. The molecular weight excluding hydrogens is 601 g/mol. The van der Waals surface area contributed by atoms with Crippen LogP contribution in [0.5, 0.6) is 0 Å². The zero-order valence-electron chi connectivity index (χ0n) is 28.0. The number of hydrogen-bond acceptors (Lipinski definition) is 7. The Labute approximate surface area is 278 Å². The van der Waals surface area contributed by atoms with Crippen LogP contribution in [0.4, 0.5) is 0 Å². The van der Waals surface area contributed by atoms with E-state index >= 15 is 0 Å². The Morgan fingerprint density at radius 2 is 1.09 bits per heavy atom. The summed E-state index contributed by atoms with van der Waals surface area (Å²) in [5.74, 6) is -0.415. The molecule has 0 aliphatic heterocycles. The number of aliphatic hydroxyl groups is 1. The number of phosphoric ester groups is 1. The predicted molar refractivity (Wildman–Crippen MR) is 191 cm³/mol. The van der Waals surface area contributed by atoms with E-state index in [4.69, 9.17) is 10.5 Å². The van der Waals surface area contributed by atoms with E-state index in [2.05, 4.69) is 113 Å². The lowest BCUT2D eigenvalue weighted by atomic mass is 10.1. The number of carbonyl (C=O) groups is 1. The first kappa shape index (κ1) is 43.4. The fourth-order valence-electron chi connectivity index (χ4n) is 3.76. The fourth-order valence-corrected chi connectivity index (χ4v) is 4.53. The molecule has 9 heteroatoms. The molecule has 0 aromatic rings.